The van der Waals surface area contributed by atoms with Gasteiger partial charge in [-0.05, 0) is 6.92 Å². The summed E-state index contributed by atoms with van der Waals surface area (Å²) in [6, 6.07) is -0.328. The van der Waals surface area contributed by atoms with Crippen LogP contribution in [0.3, 0.4) is 0 Å². The summed E-state index contributed by atoms with van der Waals surface area (Å²) in [7, 11) is -3.05. The maximum Gasteiger partial charge on any atom is 0.154 e. The smallest absolute Gasteiger partial charge is 0.154 e. The monoisotopic (exact) mass is 205 g/mol. The quantitative estimate of drug-likeness (QED) is 0.598. The van der Waals surface area contributed by atoms with Gasteiger partial charge < -0.3 is 10.4 Å². The van der Waals surface area contributed by atoms with Crippen molar-refractivity contribution in [1.82, 2.24) is 5.32 Å². The zero-order valence-corrected chi connectivity index (χ0v) is 8.42. The Morgan fingerprint density at radius 1 is 1.62 bits per heavy atom. The predicted molar refractivity (Wildman–Crippen MR) is 51.2 cm³/mol. The van der Waals surface area contributed by atoms with Gasteiger partial charge in [0.25, 0.3) is 0 Å². The lowest BCUT2D eigenvalue weighted by Gasteiger charge is -2.17. The summed E-state index contributed by atoms with van der Waals surface area (Å²) in [6.07, 6.45) is 0.893. The molecule has 1 aliphatic rings. The van der Waals surface area contributed by atoms with Crippen molar-refractivity contribution in [2.45, 2.75) is 25.1 Å². The maximum atomic E-state index is 11.1. The molecule has 76 valence electrons. The van der Waals surface area contributed by atoms with Gasteiger partial charge in [-0.25, -0.2) is 8.42 Å². The molecule has 1 saturated heterocycles. The first kappa shape index (κ1) is 10.7. The van der Waals surface area contributed by atoms with Crippen LogP contribution < -0.4 is 5.32 Å². The van der Waals surface area contributed by atoms with Gasteiger partial charge in [-0.2, -0.15) is 0 Å². The summed E-state index contributed by atoms with van der Waals surface area (Å²) in [5.74, 6) is -0.110. The van der Waals surface area contributed by atoms with E-state index in [2.05, 4.69) is 11.9 Å². The van der Waals surface area contributed by atoms with E-state index in [1.54, 1.807) is 6.08 Å². The Hall–Kier alpha value is -0.390. The molecular weight excluding hydrogens is 190 g/mol. The van der Waals surface area contributed by atoms with Gasteiger partial charge in [0.15, 0.2) is 9.84 Å². The highest BCUT2D eigenvalue weighted by Crippen LogP contribution is 2.12. The molecule has 0 aromatic rings. The fourth-order valence-corrected chi connectivity index (χ4v) is 3.15. The Morgan fingerprint density at radius 3 is 2.62 bits per heavy atom. The third-order valence-corrected chi connectivity index (χ3v) is 3.87. The summed E-state index contributed by atoms with van der Waals surface area (Å²) < 4.78 is 22.2. The molecule has 0 amide bonds. The van der Waals surface area contributed by atoms with Gasteiger partial charge in [0.1, 0.15) is 0 Å². The highest BCUT2D eigenvalue weighted by Gasteiger charge is 2.36. The molecule has 1 rings (SSSR count). The highest BCUT2D eigenvalue weighted by atomic mass is 32.2. The van der Waals surface area contributed by atoms with E-state index in [-0.39, 0.29) is 23.6 Å². The minimum absolute atomic E-state index is 0.0202. The van der Waals surface area contributed by atoms with Crippen molar-refractivity contribution in [2.24, 2.45) is 0 Å². The van der Waals surface area contributed by atoms with Crippen molar-refractivity contribution in [3.63, 3.8) is 0 Å². The van der Waals surface area contributed by atoms with E-state index in [1.807, 2.05) is 6.92 Å². The van der Waals surface area contributed by atoms with Crippen molar-refractivity contribution < 1.29 is 13.5 Å². The summed E-state index contributed by atoms with van der Waals surface area (Å²) >= 11 is 0. The van der Waals surface area contributed by atoms with Crippen LogP contribution in [0.25, 0.3) is 0 Å². The summed E-state index contributed by atoms with van der Waals surface area (Å²) in [4.78, 5) is 0. The lowest BCUT2D eigenvalue weighted by Crippen LogP contribution is -2.42. The molecule has 1 aliphatic heterocycles. The van der Waals surface area contributed by atoms with Crippen LogP contribution in [-0.4, -0.2) is 43.2 Å². The third-order valence-electron chi connectivity index (χ3n) is 2.15. The summed E-state index contributed by atoms with van der Waals surface area (Å²) in [5.41, 5.74) is 0. The van der Waals surface area contributed by atoms with Crippen molar-refractivity contribution >= 4 is 9.84 Å². The molecule has 0 radical (unpaired) electrons. The number of aliphatic hydroxyl groups is 1. The van der Waals surface area contributed by atoms with Crippen molar-refractivity contribution in [3.05, 3.63) is 12.7 Å². The molecule has 0 aromatic heterocycles. The molecule has 0 aliphatic carbocycles. The lowest BCUT2D eigenvalue weighted by molar-refractivity contribution is 0.163. The van der Waals surface area contributed by atoms with Crippen LogP contribution >= 0.6 is 0 Å². The lowest BCUT2D eigenvalue weighted by atomic mass is 10.2. The molecule has 5 heteroatoms. The zero-order valence-electron chi connectivity index (χ0n) is 7.60. The van der Waals surface area contributed by atoms with Crippen LogP contribution in [0.5, 0.6) is 0 Å². The Balaban J connectivity index is 2.58. The third kappa shape index (κ3) is 2.79. The topological polar surface area (TPSA) is 66.4 Å². The minimum atomic E-state index is -3.05. The highest BCUT2D eigenvalue weighted by molar-refractivity contribution is 7.91. The van der Waals surface area contributed by atoms with E-state index in [4.69, 9.17) is 0 Å². The normalized spacial score (nSPS) is 34.3. The van der Waals surface area contributed by atoms with E-state index in [9.17, 15) is 13.5 Å². The number of aliphatic hydroxyl groups excluding tert-OH is 1. The number of rotatable bonds is 3. The van der Waals surface area contributed by atoms with Gasteiger partial charge >= 0.3 is 0 Å². The Labute approximate surface area is 78.6 Å². The van der Waals surface area contributed by atoms with Crippen LogP contribution in [0, 0.1) is 0 Å². The Morgan fingerprint density at radius 2 is 2.23 bits per heavy atom. The van der Waals surface area contributed by atoms with Gasteiger partial charge in [-0.15, -0.1) is 6.58 Å². The fourth-order valence-electron chi connectivity index (χ4n) is 1.39. The molecule has 1 fully saturated rings. The fraction of sp³-hybridized carbons (Fsp3) is 0.750. The van der Waals surface area contributed by atoms with E-state index in [0.717, 1.165) is 0 Å². The molecule has 0 spiro atoms. The number of hydrogen-bond donors (Lipinski definition) is 2. The molecule has 4 nitrogen and oxygen atoms in total. The second-order valence-corrected chi connectivity index (χ2v) is 5.60. The van der Waals surface area contributed by atoms with Crippen LogP contribution in [0.15, 0.2) is 12.7 Å². The molecule has 1 heterocycles. The van der Waals surface area contributed by atoms with Gasteiger partial charge in [-0.1, -0.05) is 6.08 Å². The van der Waals surface area contributed by atoms with Gasteiger partial charge in [0.2, 0.25) is 0 Å². The molecule has 0 aromatic carbocycles. The van der Waals surface area contributed by atoms with E-state index < -0.39 is 15.9 Å². The van der Waals surface area contributed by atoms with Crippen LogP contribution in [-0.2, 0) is 9.84 Å². The standard InChI is InChI=1S/C8H15NO3S/c1-3-6(2)9-7-4-13(11,12)5-8(7)10/h3,6-10H,1,4-5H2,2H3. The van der Waals surface area contributed by atoms with E-state index >= 15 is 0 Å². The second kappa shape index (κ2) is 3.77. The summed E-state index contributed by atoms with van der Waals surface area (Å²) in [5, 5.41) is 12.4. The van der Waals surface area contributed by atoms with Crippen LogP contribution in [0.2, 0.25) is 0 Å². The van der Waals surface area contributed by atoms with E-state index in [1.165, 1.54) is 0 Å². The average molecular weight is 205 g/mol. The molecule has 0 bridgehead atoms. The SMILES string of the molecule is C=CC(C)NC1CS(=O)(=O)CC1O. The Kier molecular flexibility index (Phi) is 3.10. The summed E-state index contributed by atoms with van der Waals surface area (Å²) in [6.45, 7) is 5.44. The van der Waals surface area contributed by atoms with E-state index in [0.29, 0.717) is 0 Å². The largest absolute Gasteiger partial charge is 0.390 e. The van der Waals surface area contributed by atoms with Gasteiger partial charge in [0.05, 0.1) is 17.6 Å². The maximum absolute atomic E-state index is 11.1. The first-order valence-corrected chi connectivity index (χ1v) is 6.04. The second-order valence-electron chi connectivity index (χ2n) is 3.44. The number of hydrogen-bond acceptors (Lipinski definition) is 4. The first-order chi connectivity index (χ1) is 5.94. The predicted octanol–water partition coefficient (Wildman–Crippen LogP) is -0.692. The van der Waals surface area contributed by atoms with Crippen LogP contribution in [0.1, 0.15) is 6.92 Å². The molecule has 2 N–H and O–H groups in total. The number of nitrogens with one attached hydrogen (secondary N) is 1. The zero-order chi connectivity index (χ0) is 10.1. The van der Waals surface area contributed by atoms with Crippen LogP contribution in [0.4, 0.5) is 0 Å². The first-order valence-electron chi connectivity index (χ1n) is 4.21. The number of sulfone groups is 1. The molecular formula is C8H15NO3S. The molecule has 0 saturated carbocycles. The Bertz CT molecular complexity index is 286. The van der Waals surface area contributed by atoms with Crippen molar-refractivity contribution in [1.29, 1.82) is 0 Å². The molecule has 3 atom stereocenters. The van der Waals surface area contributed by atoms with Crippen molar-refractivity contribution in [3.8, 4) is 0 Å². The van der Waals surface area contributed by atoms with Crippen molar-refractivity contribution in [2.75, 3.05) is 11.5 Å². The minimum Gasteiger partial charge on any atom is -0.390 e. The van der Waals surface area contributed by atoms with Gasteiger partial charge in [-0.3, -0.25) is 0 Å². The molecule has 3 unspecified atom stereocenters. The van der Waals surface area contributed by atoms with Gasteiger partial charge in [0, 0.05) is 12.1 Å². The molecule has 13 heavy (non-hydrogen) atoms. The average Bonchev–Trinajstić information content (AvgIpc) is 2.24.